The fourth-order valence-corrected chi connectivity index (χ4v) is 4.82. The van der Waals surface area contributed by atoms with Crippen LogP contribution in [0.3, 0.4) is 0 Å². The second kappa shape index (κ2) is 13.1. The van der Waals surface area contributed by atoms with E-state index in [0.29, 0.717) is 5.56 Å². The maximum absolute atomic E-state index is 12.3. The Kier molecular flexibility index (Phi) is 10.8. The molecule has 1 aliphatic heterocycles. The molecule has 1 aromatic carbocycles. The zero-order chi connectivity index (χ0) is 25.1. The number of methoxy groups -OCH3 is 1. The number of nitrogens with one attached hydrogen (secondary N) is 3. The van der Waals surface area contributed by atoms with Crippen LogP contribution in [0.2, 0.25) is 0 Å². The first-order valence-electron chi connectivity index (χ1n) is 10.9. The van der Waals surface area contributed by atoms with Crippen LogP contribution in [-0.2, 0) is 25.2 Å². The number of para-hydroxylation sites is 1. The molecule has 199 valence electrons. The quantitative estimate of drug-likeness (QED) is 0.126. The fraction of sp³-hybridized carbons (Fsp3) is 0.409. The third-order valence-electron chi connectivity index (χ3n) is 5.87. The highest BCUT2D eigenvalue weighted by Gasteiger charge is 2.36. The number of fused-ring (bicyclic) bond motifs is 1. The smallest absolute Gasteiger partial charge is 0.330 e. The molecule has 5 atom stereocenters. The summed E-state index contributed by atoms with van der Waals surface area (Å²) in [6.07, 6.45) is 0.915. The zero-order valence-corrected chi connectivity index (χ0v) is 21.3. The second-order valence-electron chi connectivity index (χ2n) is 8.25. The molecule has 1 unspecified atom stereocenters. The summed E-state index contributed by atoms with van der Waals surface area (Å²) in [6.45, 7) is 1.37. The number of aromatic amines is 2. The highest BCUT2D eigenvalue weighted by atomic mass is 31.2. The van der Waals surface area contributed by atoms with Crippen LogP contribution >= 0.6 is 8.53 Å². The molecule has 0 amide bonds. The topological polar surface area (TPSA) is 203 Å². The van der Waals surface area contributed by atoms with Crippen molar-refractivity contribution in [3.05, 3.63) is 68.6 Å². The summed E-state index contributed by atoms with van der Waals surface area (Å²) in [6, 6.07) is 6.77. The molecule has 3 heterocycles. The number of aliphatic hydroxyl groups is 1. The number of rotatable bonds is 9. The van der Waals surface area contributed by atoms with Gasteiger partial charge in [0, 0.05) is 50.1 Å². The molecule has 2 aromatic heterocycles. The van der Waals surface area contributed by atoms with Crippen LogP contribution in [-0.4, -0.2) is 70.9 Å². The number of H-pyrrole nitrogens is 2. The van der Waals surface area contributed by atoms with E-state index in [1.807, 2.05) is 24.3 Å². The minimum Gasteiger partial charge on any atom is -0.468 e. The molecule has 0 saturated carbocycles. The molecular formula is C22H30BN5O8P. The highest BCUT2D eigenvalue weighted by molar-refractivity contribution is 7.43. The Morgan fingerprint density at radius 2 is 2.08 bits per heavy atom. The first kappa shape index (κ1) is 30.4. The molecule has 3 radical (unpaired) electrons. The first-order valence-corrected chi connectivity index (χ1v) is 12.1. The summed E-state index contributed by atoms with van der Waals surface area (Å²) in [4.78, 5) is 51.8. The van der Waals surface area contributed by atoms with Crippen molar-refractivity contribution in [2.45, 2.75) is 44.2 Å². The Labute approximate surface area is 215 Å². The summed E-state index contributed by atoms with van der Waals surface area (Å²) >= 11 is 0. The summed E-state index contributed by atoms with van der Waals surface area (Å²) in [5.74, 6) is -0.564. The standard InChI is InChI=1S/C22H27N4O8P.B.H3N/c1-12-10-26(22(30)24-20(12)28)19-8-17(27)18(34-19)11-33-35(31)25-16(21(29)32-2)7-13-9-23-15-6-4-3-5-14(13)15;;/h3-6,9-10,16-19,23,25,27,31H,7-8,11H2,1-2H3,(H,24,28,30);;1H3/t16-,17-,18+,19+,35?;;/m0../s1. The van der Waals surface area contributed by atoms with E-state index in [2.05, 4.69) is 15.1 Å². The van der Waals surface area contributed by atoms with Crippen LogP contribution in [0.25, 0.3) is 10.9 Å². The lowest BCUT2D eigenvalue weighted by Gasteiger charge is -2.21. The zero-order valence-electron chi connectivity index (χ0n) is 20.4. The number of carbonyl (C=O) groups is 1. The van der Waals surface area contributed by atoms with E-state index in [0.717, 1.165) is 16.5 Å². The third-order valence-corrected chi connectivity index (χ3v) is 6.80. The number of carbonyl (C=O) groups excluding carboxylic acids is 1. The molecule has 8 N–H and O–H groups in total. The molecule has 1 saturated heterocycles. The maximum atomic E-state index is 12.3. The van der Waals surface area contributed by atoms with E-state index in [9.17, 15) is 24.4 Å². The van der Waals surface area contributed by atoms with Gasteiger partial charge in [0.15, 0.2) is 0 Å². The van der Waals surface area contributed by atoms with Crippen molar-refractivity contribution in [3.8, 4) is 0 Å². The largest absolute Gasteiger partial charge is 0.468 e. The number of hydrogen-bond donors (Lipinski definition) is 6. The van der Waals surface area contributed by atoms with Gasteiger partial charge in [0.2, 0.25) is 0 Å². The Morgan fingerprint density at radius 1 is 1.35 bits per heavy atom. The van der Waals surface area contributed by atoms with E-state index < -0.39 is 50.2 Å². The van der Waals surface area contributed by atoms with E-state index in [1.165, 1.54) is 17.9 Å². The van der Waals surface area contributed by atoms with Crippen LogP contribution in [0, 0.1) is 6.92 Å². The molecule has 15 heteroatoms. The molecule has 37 heavy (non-hydrogen) atoms. The van der Waals surface area contributed by atoms with Crippen molar-refractivity contribution in [3.63, 3.8) is 0 Å². The Morgan fingerprint density at radius 3 is 2.81 bits per heavy atom. The van der Waals surface area contributed by atoms with Gasteiger partial charge in [-0.25, -0.2) is 9.88 Å². The summed E-state index contributed by atoms with van der Waals surface area (Å²) in [5, 5.41) is 14.1. The van der Waals surface area contributed by atoms with Gasteiger partial charge in [0.25, 0.3) is 14.1 Å². The van der Waals surface area contributed by atoms with Crippen molar-refractivity contribution in [1.29, 1.82) is 0 Å². The number of aryl methyl sites for hydroxylation is 1. The van der Waals surface area contributed by atoms with Gasteiger partial charge in [0.05, 0.1) is 19.8 Å². The molecule has 0 bridgehead atoms. The van der Waals surface area contributed by atoms with Gasteiger partial charge in [-0.15, -0.1) is 0 Å². The predicted molar refractivity (Wildman–Crippen MR) is 137 cm³/mol. The van der Waals surface area contributed by atoms with Crippen LogP contribution in [0.4, 0.5) is 0 Å². The van der Waals surface area contributed by atoms with Gasteiger partial charge in [-0.3, -0.25) is 19.1 Å². The maximum Gasteiger partial charge on any atom is 0.330 e. The van der Waals surface area contributed by atoms with Crippen molar-refractivity contribution < 1.29 is 28.8 Å². The molecular weight excluding hydrogens is 504 g/mol. The minimum absolute atomic E-state index is 0. The Bertz CT molecular complexity index is 1310. The van der Waals surface area contributed by atoms with Gasteiger partial charge >= 0.3 is 11.7 Å². The molecule has 3 aromatic rings. The molecule has 13 nitrogen and oxygen atoms in total. The number of nitrogens with zero attached hydrogens (tertiary/aromatic N) is 1. The second-order valence-corrected chi connectivity index (χ2v) is 9.31. The monoisotopic (exact) mass is 534 g/mol. The number of benzene rings is 1. The fourth-order valence-electron chi connectivity index (χ4n) is 3.99. The number of aromatic nitrogens is 3. The van der Waals surface area contributed by atoms with Gasteiger partial charge in [-0.05, 0) is 18.6 Å². The summed E-state index contributed by atoms with van der Waals surface area (Å²) < 4.78 is 17.3. The van der Waals surface area contributed by atoms with Crippen molar-refractivity contribution in [1.82, 2.24) is 25.8 Å². The third kappa shape index (κ3) is 6.93. The molecule has 1 aliphatic rings. The van der Waals surface area contributed by atoms with Crippen LogP contribution in [0.15, 0.2) is 46.2 Å². The molecule has 0 spiro atoms. The van der Waals surface area contributed by atoms with Crippen LogP contribution in [0.1, 0.15) is 23.8 Å². The minimum atomic E-state index is -2.27. The lowest BCUT2D eigenvalue weighted by molar-refractivity contribution is -0.142. The molecule has 4 rings (SSSR count). The van der Waals surface area contributed by atoms with Crippen molar-refractivity contribution in [2.24, 2.45) is 0 Å². The van der Waals surface area contributed by atoms with E-state index in [-0.39, 0.29) is 34.0 Å². The van der Waals surface area contributed by atoms with Crippen molar-refractivity contribution in [2.75, 3.05) is 13.7 Å². The average Bonchev–Trinajstić information content (AvgIpc) is 3.42. The number of esters is 1. The SMILES string of the molecule is COC(=O)[C@H](Cc1c[nH]c2ccccc12)NP(O)OC[C@H]1O[C@@H](n2cc(C)c(=O)[nH]c2=O)C[C@@H]1O.N.[B]. The number of aliphatic hydroxyl groups excluding tert-OH is 1. The highest BCUT2D eigenvalue weighted by Crippen LogP contribution is 2.33. The predicted octanol–water partition coefficient (Wildman–Crippen LogP) is 0.366. The summed E-state index contributed by atoms with van der Waals surface area (Å²) in [5.41, 5.74) is 0.978. The van der Waals surface area contributed by atoms with Crippen molar-refractivity contribution >= 4 is 33.8 Å². The first-order chi connectivity index (χ1) is 16.8. The van der Waals surface area contributed by atoms with Gasteiger partial charge in [-0.2, -0.15) is 0 Å². The van der Waals surface area contributed by atoms with Gasteiger partial charge in [-0.1, -0.05) is 18.2 Å². The van der Waals surface area contributed by atoms with Gasteiger partial charge < -0.3 is 35.1 Å². The average molecular weight is 534 g/mol. The van der Waals surface area contributed by atoms with Crippen LogP contribution < -0.4 is 22.5 Å². The lowest BCUT2D eigenvalue weighted by atomic mass is 10.1. The number of hydrogen-bond acceptors (Lipinski definition) is 10. The van der Waals surface area contributed by atoms with E-state index >= 15 is 0 Å². The lowest BCUT2D eigenvalue weighted by Crippen LogP contribution is -2.37. The van der Waals surface area contributed by atoms with Crippen LogP contribution in [0.5, 0.6) is 0 Å². The van der Waals surface area contributed by atoms with Gasteiger partial charge in [0.1, 0.15) is 18.4 Å². The van der Waals surface area contributed by atoms with E-state index in [4.69, 9.17) is 14.0 Å². The summed E-state index contributed by atoms with van der Waals surface area (Å²) in [7, 11) is -1.01. The molecule has 0 aliphatic carbocycles. The Balaban J connectivity index is 0.00000241. The number of ether oxygens (including phenoxy) is 2. The molecule has 1 fully saturated rings. The Hall–Kier alpha value is -2.84. The van der Waals surface area contributed by atoms with E-state index in [1.54, 1.807) is 13.1 Å². The normalized spacial score (nSPS) is 20.6.